The summed E-state index contributed by atoms with van der Waals surface area (Å²) in [5, 5.41) is 87.1. The highest BCUT2D eigenvalue weighted by Crippen LogP contribution is 2.52. The SMILES string of the molecule is Oc1cc(O)c(Oc2cc(O)c(Oc3cc(O)c(O)c(O)c3O)c(O)c2)c(O)c1. The van der Waals surface area contributed by atoms with E-state index in [2.05, 4.69) is 0 Å². The Hall–Kier alpha value is -4.54. The van der Waals surface area contributed by atoms with Gasteiger partial charge in [-0.2, -0.15) is 0 Å². The van der Waals surface area contributed by atoms with E-state index in [0.29, 0.717) is 0 Å². The largest absolute Gasteiger partial charge is 0.508 e. The summed E-state index contributed by atoms with van der Waals surface area (Å²) in [4.78, 5) is 0. The Kier molecular flexibility index (Phi) is 4.56. The molecule has 0 spiro atoms. The van der Waals surface area contributed by atoms with Gasteiger partial charge in [-0.05, 0) is 0 Å². The molecule has 11 heteroatoms. The molecule has 152 valence electrons. The van der Waals surface area contributed by atoms with Crippen LogP contribution in [0.25, 0.3) is 0 Å². The van der Waals surface area contributed by atoms with Gasteiger partial charge in [0.05, 0.1) is 0 Å². The van der Waals surface area contributed by atoms with Crippen LogP contribution >= 0.6 is 0 Å². The molecule has 0 aromatic heterocycles. The van der Waals surface area contributed by atoms with E-state index in [1.165, 1.54) is 0 Å². The van der Waals surface area contributed by atoms with Crippen molar-refractivity contribution in [3.05, 3.63) is 30.3 Å². The minimum Gasteiger partial charge on any atom is -0.508 e. The molecule has 0 heterocycles. The van der Waals surface area contributed by atoms with Crippen molar-refractivity contribution in [2.75, 3.05) is 0 Å². The molecule has 0 aliphatic carbocycles. The number of phenolic OH excluding ortho intramolecular Hbond substituents is 9. The zero-order chi connectivity index (χ0) is 21.5. The third kappa shape index (κ3) is 3.51. The topological polar surface area (TPSA) is 201 Å². The maximum absolute atomic E-state index is 10.1. The molecule has 0 fully saturated rings. The monoisotopic (exact) mass is 406 g/mol. The van der Waals surface area contributed by atoms with Gasteiger partial charge in [0.1, 0.15) is 11.5 Å². The Morgan fingerprint density at radius 3 is 1.48 bits per heavy atom. The predicted octanol–water partition coefficient (Wildman–Crippen LogP) is 2.62. The average Bonchev–Trinajstić information content (AvgIpc) is 2.63. The summed E-state index contributed by atoms with van der Waals surface area (Å²) >= 11 is 0. The Bertz CT molecular complexity index is 1060. The zero-order valence-electron chi connectivity index (χ0n) is 14.2. The lowest BCUT2D eigenvalue weighted by atomic mass is 10.2. The third-order valence-corrected chi connectivity index (χ3v) is 3.68. The van der Waals surface area contributed by atoms with Gasteiger partial charge in [-0.15, -0.1) is 0 Å². The van der Waals surface area contributed by atoms with Crippen LogP contribution in [0.1, 0.15) is 0 Å². The third-order valence-electron chi connectivity index (χ3n) is 3.68. The fourth-order valence-electron chi connectivity index (χ4n) is 2.34. The van der Waals surface area contributed by atoms with Crippen LogP contribution in [0.3, 0.4) is 0 Å². The van der Waals surface area contributed by atoms with Crippen LogP contribution in [-0.4, -0.2) is 46.0 Å². The van der Waals surface area contributed by atoms with Crippen LogP contribution in [0.2, 0.25) is 0 Å². The van der Waals surface area contributed by atoms with Gasteiger partial charge in [0, 0.05) is 30.3 Å². The Morgan fingerprint density at radius 2 is 0.931 bits per heavy atom. The number of phenols is 9. The molecule has 0 saturated heterocycles. The van der Waals surface area contributed by atoms with Crippen molar-refractivity contribution >= 4 is 0 Å². The standard InChI is InChI=1S/C18H14O11/c19-6-1-9(21)17(10(22)2-6)28-7-3-11(23)18(12(24)4-7)29-13-5-8(20)14(25)16(27)15(13)26/h1-5,19-27H. The molecule has 0 saturated carbocycles. The van der Waals surface area contributed by atoms with Gasteiger partial charge in [-0.1, -0.05) is 0 Å². The quantitative estimate of drug-likeness (QED) is 0.228. The molecule has 0 aliphatic heterocycles. The summed E-state index contributed by atoms with van der Waals surface area (Å²) in [5.74, 6) is -8.99. The van der Waals surface area contributed by atoms with Crippen LogP contribution in [0.4, 0.5) is 0 Å². The first kappa shape index (κ1) is 19.2. The molecule has 3 aromatic rings. The molecular weight excluding hydrogens is 392 g/mol. The summed E-state index contributed by atoms with van der Waals surface area (Å²) in [6, 6.07) is 4.33. The fraction of sp³-hybridized carbons (Fsp3) is 0. The van der Waals surface area contributed by atoms with Crippen LogP contribution in [0.5, 0.6) is 74.7 Å². The number of aromatic hydroxyl groups is 9. The summed E-state index contributed by atoms with van der Waals surface area (Å²) in [7, 11) is 0. The summed E-state index contributed by atoms with van der Waals surface area (Å²) in [5.41, 5.74) is 0. The molecule has 3 aromatic carbocycles. The predicted molar refractivity (Wildman–Crippen MR) is 94.5 cm³/mol. The molecule has 11 nitrogen and oxygen atoms in total. The maximum atomic E-state index is 10.1. The zero-order valence-corrected chi connectivity index (χ0v) is 14.2. The van der Waals surface area contributed by atoms with Crippen molar-refractivity contribution in [2.24, 2.45) is 0 Å². The van der Waals surface area contributed by atoms with E-state index in [1.807, 2.05) is 0 Å². The highest BCUT2D eigenvalue weighted by molar-refractivity contribution is 5.65. The Balaban J connectivity index is 1.95. The lowest BCUT2D eigenvalue weighted by Crippen LogP contribution is -1.90. The van der Waals surface area contributed by atoms with Crippen molar-refractivity contribution in [1.82, 2.24) is 0 Å². The number of ether oxygens (including phenoxy) is 2. The summed E-state index contributed by atoms with van der Waals surface area (Å²) in [6.45, 7) is 0. The van der Waals surface area contributed by atoms with Crippen molar-refractivity contribution in [3.63, 3.8) is 0 Å². The fourth-order valence-corrected chi connectivity index (χ4v) is 2.34. The molecule has 0 atom stereocenters. The van der Waals surface area contributed by atoms with Gasteiger partial charge >= 0.3 is 0 Å². The van der Waals surface area contributed by atoms with Gasteiger partial charge in [0.15, 0.2) is 34.5 Å². The van der Waals surface area contributed by atoms with Crippen LogP contribution in [0.15, 0.2) is 30.3 Å². The lowest BCUT2D eigenvalue weighted by Gasteiger charge is -2.15. The van der Waals surface area contributed by atoms with E-state index < -0.39 is 69.0 Å². The van der Waals surface area contributed by atoms with Gasteiger partial charge in [-0.25, -0.2) is 0 Å². The molecule has 0 amide bonds. The number of benzene rings is 3. The molecule has 29 heavy (non-hydrogen) atoms. The first-order valence-corrected chi connectivity index (χ1v) is 7.72. The highest BCUT2D eigenvalue weighted by Gasteiger charge is 2.22. The smallest absolute Gasteiger partial charge is 0.211 e. The first-order chi connectivity index (χ1) is 13.6. The summed E-state index contributed by atoms with van der Waals surface area (Å²) in [6.07, 6.45) is 0. The molecule has 0 aliphatic rings. The number of rotatable bonds is 4. The summed E-state index contributed by atoms with van der Waals surface area (Å²) < 4.78 is 10.3. The van der Waals surface area contributed by atoms with E-state index in [4.69, 9.17) is 9.47 Å². The minimum atomic E-state index is -1.09. The lowest BCUT2D eigenvalue weighted by molar-refractivity contribution is 0.321. The Labute approximate surface area is 161 Å². The van der Waals surface area contributed by atoms with E-state index in [1.54, 1.807) is 0 Å². The minimum absolute atomic E-state index is 0.260. The van der Waals surface area contributed by atoms with Gasteiger partial charge in [0.2, 0.25) is 28.7 Å². The molecule has 0 unspecified atom stereocenters. The van der Waals surface area contributed by atoms with Crippen LogP contribution in [-0.2, 0) is 0 Å². The second-order valence-electron chi connectivity index (χ2n) is 5.75. The van der Waals surface area contributed by atoms with Gasteiger partial charge in [0.25, 0.3) is 0 Å². The molecule has 0 bridgehead atoms. The second kappa shape index (κ2) is 6.88. The van der Waals surface area contributed by atoms with E-state index in [9.17, 15) is 46.0 Å². The van der Waals surface area contributed by atoms with Crippen LogP contribution < -0.4 is 9.47 Å². The second-order valence-corrected chi connectivity index (χ2v) is 5.75. The first-order valence-electron chi connectivity index (χ1n) is 7.72. The highest BCUT2D eigenvalue weighted by atomic mass is 16.5. The van der Waals surface area contributed by atoms with Crippen molar-refractivity contribution in [1.29, 1.82) is 0 Å². The van der Waals surface area contributed by atoms with E-state index in [-0.39, 0.29) is 5.75 Å². The normalized spacial score (nSPS) is 10.6. The molecule has 9 N–H and O–H groups in total. The molecule has 3 rings (SSSR count). The van der Waals surface area contributed by atoms with Crippen molar-refractivity contribution in [2.45, 2.75) is 0 Å². The van der Waals surface area contributed by atoms with Crippen molar-refractivity contribution < 1.29 is 55.4 Å². The Morgan fingerprint density at radius 1 is 0.448 bits per heavy atom. The van der Waals surface area contributed by atoms with Gasteiger partial charge in [-0.3, -0.25) is 0 Å². The molecule has 0 radical (unpaired) electrons. The molecular formula is C18H14O11. The van der Waals surface area contributed by atoms with Crippen molar-refractivity contribution in [3.8, 4) is 74.7 Å². The van der Waals surface area contributed by atoms with Gasteiger partial charge < -0.3 is 55.4 Å². The number of hydrogen-bond donors (Lipinski definition) is 9. The van der Waals surface area contributed by atoms with E-state index >= 15 is 0 Å². The van der Waals surface area contributed by atoms with E-state index in [0.717, 1.165) is 30.3 Å². The average molecular weight is 406 g/mol. The number of hydrogen-bond acceptors (Lipinski definition) is 11. The maximum Gasteiger partial charge on any atom is 0.211 e. The van der Waals surface area contributed by atoms with Crippen LogP contribution in [0, 0.1) is 0 Å².